The van der Waals surface area contributed by atoms with Crippen molar-refractivity contribution in [1.29, 1.82) is 0 Å². The third-order valence-electron chi connectivity index (χ3n) is 4.17. The molecule has 3 heteroatoms. The van der Waals surface area contributed by atoms with Gasteiger partial charge in [-0.3, -0.25) is 0 Å². The van der Waals surface area contributed by atoms with E-state index in [-0.39, 0.29) is 11.4 Å². The Morgan fingerprint density at radius 2 is 2.10 bits per heavy atom. The first-order valence-electron chi connectivity index (χ1n) is 8.17. The number of hydrogen-bond donors (Lipinski definition) is 1. The molecule has 1 aliphatic heterocycles. The minimum atomic E-state index is -0.145. The Hall–Kier alpha value is -1.09. The summed E-state index contributed by atoms with van der Waals surface area (Å²) in [7, 11) is 0. The van der Waals surface area contributed by atoms with Crippen molar-refractivity contribution in [3.63, 3.8) is 0 Å². The minimum absolute atomic E-state index is 0.0410. The second-order valence-corrected chi connectivity index (χ2v) is 7.27. The van der Waals surface area contributed by atoms with Crippen molar-refractivity contribution in [3.05, 3.63) is 29.6 Å². The Kier molecular flexibility index (Phi) is 5.26. The van der Waals surface area contributed by atoms with E-state index in [1.165, 1.54) is 24.9 Å². The monoisotopic (exact) mass is 292 g/mol. The van der Waals surface area contributed by atoms with Gasteiger partial charge >= 0.3 is 0 Å². The van der Waals surface area contributed by atoms with Crippen molar-refractivity contribution in [2.45, 2.75) is 59.0 Å². The first kappa shape index (κ1) is 16.3. The summed E-state index contributed by atoms with van der Waals surface area (Å²) in [4.78, 5) is 2.43. The van der Waals surface area contributed by atoms with E-state index in [9.17, 15) is 4.39 Å². The number of nitrogens with zero attached hydrogens (tertiary/aromatic N) is 1. The van der Waals surface area contributed by atoms with Crippen molar-refractivity contribution in [3.8, 4) is 0 Å². The van der Waals surface area contributed by atoms with Crippen molar-refractivity contribution in [1.82, 2.24) is 5.32 Å². The summed E-state index contributed by atoms with van der Waals surface area (Å²) in [5, 5.41) is 3.47. The molecule has 0 radical (unpaired) electrons. The maximum atomic E-state index is 13.6. The maximum absolute atomic E-state index is 13.6. The number of anilines is 1. The molecule has 2 rings (SSSR count). The van der Waals surface area contributed by atoms with Gasteiger partial charge in [0.15, 0.2) is 0 Å². The first-order chi connectivity index (χ1) is 9.89. The second-order valence-electron chi connectivity index (χ2n) is 7.27. The molecule has 1 unspecified atom stereocenters. The zero-order chi connectivity index (χ0) is 15.5. The van der Waals surface area contributed by atoms with Crippen LogP contribution in [0.3, 0.4) is 0 Å². The largest absolute Gasteiger partial charge is 0.371 e. The molecule has 1 aromatic rings. The number of rotatable bonds is 5. The van der Waals surface area contributed by atoms with E-state index in [1.54, 1.807) is 12.1 Å². The van der Waals surface area contributed by atoms with Gasteiger partial charge in [0.25, 0.3) is 0 Å². The standard InChI is InChI=1S/C18H29FN2/c1-5-6-14-9-10-21(13-14)17-8-7-16(19)11-15(17)12-20-18(2,3)4/h7-8,11,14,20H,5-6,9-10,12-13H2,1-4H3. The molecule has 0 saturated carbocycles. The van der Waals surface area contributed by atoms with Crippen molar-refractivity contribution >= 4 is 5.69 Å². The van der Waals surface area contributed by atoms with Gasteiger partial charge in [0, 0.05) is 30.9 Å². The molecule has 1 N–H and O–H groups in total. The van der Waals surface area contributed by atoms with Crippen LogP contribution in [0.1, 0.15) is 52.5 Å². The summed E-state index contributed by atoms with van der Waals surface area (Å²) in [5.74, 6) is 0.650. The third kappa shape index (κ3) is 4.70. The normalized spacial score (nSPS) is 19.3. The molecule has 1 aliphatic rings. The molecular formula is C18H29FN2. The highest BCUT2D eigenvalue weighted by molar-refractivity contribution is 5.54. The molecule has 0 spiro atoms. The molecule has 1 heterocycles. The zero-order valence-corrected chi connectivity index (χ0v) is 13.9. The van der Waals surface area contributed by atoms with Gasteiger partial charge in [-0.25, -0.2) is 4.39 Å². The van der Waals surface area contributed by atoms with Crippen LogP contribution in [0.25, 0.3) is 0 Å². The number of nitrogens with one attached hydrogen (secondary N) is 1. The highest BCUT2D eigenvalue weighted by atomic mass is 19.1. The van der Waals surface area contributed by atoms with Gasteiger partial charge in [-0.1, -0.05) is 13.3 Å². The summed E-state index contributed by atoms with van der Waals surface area (Å²) in [6.45, 7) is 11.6. The Labute approximate surface area is 128 Å². The van der Waals surface area contributed by atoms with Crippen LogP contribution in [0.15, 0.2) is 18.2 Å². The predicted molar refractivity (Wildman–Crippen MR) is 88.2 cm³/mol. The number of hydrogen-bond acceptors (Lipinski definition) is 2. The highest BCUT2D eigenvalue weighted by Gasteiger charge is 2.24. The second kappa shape index (κ2) is 6.78. The summed E-state index contributed by atoms with van der Waals surface area (Å²) in [6.07, 6.45) is 3.81. The SMILES string of the molecule is CCCC1CCN(c2ccc(F)cc2CNC(C)(C)C)C1. The van der Waals surface area contributed by atoms with E-state index in [0.29, 0.717) is 6.54 Å². The minimum Gasteiger partial charge on any atom is -0.371 e. The quantitative estimate of drug-likeness (QED) is 0.868. The molecule has 0 aromatic heterocycles. The van der Waals surface area contributed by atoms with E-state index < -0.39 is 0 Å². The molecule has 0 amide bonds. The van der Waals surface area contributed by atoms with Crippen LogP contribution in [0, 0.1) is 11.7 Å². The van der Waals surface area contributed by atoms with Crippen LogP contribution in [0.5, 0.6) is 0 Å². The Morgan fingerprint density at radius 1 is 1.33 bits per heavy atom. The van der Waals surface area contributed by atoms with E-state index in [1.807, 2.05) is 6.07 Å². The molecule has 0 aliphatic carbocycles. The van der Waals surface area contributed by atoms with Crippen LogP contribution in [-0.2, 0) is 6.54 Å². The lowest BCUT2D eigenvalue weighted by Gasteiger charge is -2.25. The topological polar surface area (TPSA) is 15.3 Å². The smallest absolute Gasteiger partial charge is 0.123 e. The lowest BCUT2D eigenvalue weighted by molar-refractivity contribution is 0.423. The fourth-order valence-electron chi connectivity index (χ4n) is 3.06. The highest BCUT2D eigenvalue weighted by Crippen LogP contribution is 2.29. The average Bonchev–Trinajstić information content (AvgIpc) is 2.84. The fourth-order valence-corrected chi connectivity index (χ4v) is 3.06. The van der Waals surface area contributed by atoms with Gasteiger partial charge in [-0.05, 0) is 63.3 Å². The van der Waals surface area contributed by atoms with Gasteiger partial charge in [0.1, 0.15) is 5.82 Å². The average molecular weight is 292 g/mol. The lowest BCUT2D eigenvalue weighted by Crippen LogP contribution is -2.35. The number of halogens is 1. The van der Waals surface area contributed by atoms with Crippen LogP contribution in [0.4, 0.5) is 10.1 Å². The van der Waals surface area contributed by atoms with Crippen LogP contribution in [-0.4, -0.2) is 18.6 Å². The first-order valence-corrected chi connectivity index (χ1v) is 8.17. The molecule has 2 nitrogen and oxygen atoms in total. The fraction of sp³-hybridized carbons (Fsp3) is 0.667. The summed E-state index contributed by atoms with van der Waals surface area (Å²) < 4.78 is 13.6. The van der Waals surface area contributed by atoms with E-state index in [2.05, 4.69) is 37.9 Å². The Morgan fingerprint density at radius 3 is 2.76 bits per heavy atom. The molecular weight excluding hydrogens is 263 g/mol. The summed E-state index contributed by atoms with van der Waals surface area (Å²) in [5.41, 5.74) is 2.31. The summed E-state index contributed by atoms with van der Waals surface area (Å²) in [6, 6.07) is 5.22. The number of benzene rings is 1. The summed E-state index contributed by atoms with van der Waals surface area (Å²) >= 11 is 0. The van der Waals surface area contributed by atoms with Crippen LogP contribution < -0.4 is 10.2 Å². The van der Waals surface area contributed by atoms with Crippen LogP contribution in [0.2, 0.25) is 0 Å². The molecule has 118 valence electrons. The molecule has 0 bridgehead atoms. The van der Waals surface area contributed by atoms with E-state index >= 15 is 0 Å². The zero-order valence-electron chi connectivity index (χ0n) is 13.9. The molecule has 1 atom stereocenters. The molecule has 21 heavy (non-hydrogen) atoms. The van der Waals surface area contributed by atoms with Gasteiger partial charge in [-0.15, -0.1) is 0 Å². The lowest BCUT2D eigenvalue weighted by atomic mass is 10.0. The Bertz CT molecular complexity index is 465. The van der Waals surface area contributed by atoms with E-state index in [4.69, 9.17) is 0 Å². The molecule has 1 fully saturated rings. The van der Waals surface area contributed by atoms with Crippen molar-refractivity contribution in [2.24, 2.45) is 5.92 Å². The maximum Gasteiger partial charge on any atom is 0.123 e. The molecule has 1 aromatic carbocycles. The van der Waals surface area contributed by atoms with Gasteiger partial charge < -0.3 is 10.2 Å². The molecule has 1 saturated heterocycles. The van der Waals surface area contributed by atoms with Gasteiger partial charge in [0.2, 0.25) is 0 Å². The van der Waals surface area contributed by atoms with Gasteiger partial charge in [-0.2, -0.15) is 0 Å². The van der Waals surface area contributed by atoms with Crippen molar-refractivity contribution in [2.75, 3.05) is 18.0 Å². The third-order valence-corrected chi connectivity index (χ3v) is 4.17. The van der Waals surface area contributed by atoms with E-state index in [0.717, 1.165) is 24.6 Å². The predicted octanol–water partition coefficient (Wildman–Crippen LogP) is 4.34. The Balaban J connectivity index is 2.12. The van der Waals surface area contributed by atoms with Gasteiger partial charge in [0.05, 0.1) is 0 Å². The van der Waals surface area contributed by atoms with Crippen LogP contribution >= 0.6 is 0 Å². The van der Waals surface area contributed by atoms with Crippen molar-refractivity contribution < 1.29 is 4.39 Å².